The molecular weight excluding hydrogens is 356 g/mol. The number of carbonyl (C=O) groups excluding carboxylic acids is 1. The molecule has 4 rings (SSSR count). The van der Waals surface area contributed by atoms with Crippen molar-refractivity contribution in [1.29, 1.82) is 0 Å². The molecule has 150 valence electrons. The van der Waals surface area contributed by atoms with Gasteiger partial charge < -0.3 is 14.2 Å². The van der Waals surface area contributed by atoms with Crippen LogP contribution in [0.2, 0.25) is 0 Å². The highest BCUT2D eigenvalue weighted by molar-refractivity contribution is 5.69. The Hall–Kier alpha value is -2.44. The Morgan fingerprint density at radius 3 is 2.43 bits per heavy atom. The summed E-state index contributed by atoms with van der Waals surface area (Å²) in [6, 6.07) is 0. The van der Waals surface area contributed by atoms with Crippen LogP contribution in [0.25, 0.3) is 11.3 Å². The Morgan fingerprint density at radius 1 is 1.21 bits per heavy atom. The lowest BCUT2D eigenvalue weighted by atomic mass is 9.99. The number of hydrogen-bond donors (Lipinski definition) is 0. The number of ether oxygens (including phenoxy) is 1. The van der Waals surface area contributed by atoms with Crippen molar-refractivity contribution >= 4 is 6.09 Å². The van der Waals surface area contributed by atoms with Gasteiger partial charge in [0.2, 0.25) is 0 Å². The average molecular weight is 384 g/mol. The molecule has 0 bridgehead atoms. The van der Waals surface area contributed by atoms with Crippen molar-refractivity contribution in [3.63, 3.8) is 0 Å². The molecule has 1 amide bonds. The summed E-state index contributed by atoms with van der Waals surface area (Å²) in [6.07, 6.45) is 0.710. The van der Waals surface area contributed by atoms with Gasteiger partial charge in [-0.25, -0.2) is 14.8 Å². The maximum atomic E-state index is 11.7. The summed E-state index contributed by atoms with van der Waals surface area (Å²) in [6.45, 7) is 11.8. The first-order valence-corrected chi connectivity index (χ1v) is 9.95. The minimum absolute atomic E-state index is 0.216. The van der Waals surface area contributed by atoms with E-state index in [1.54, 1.807) is 0 Å². The Kier molecular flexibility index (Phi) is 4.63. The van der Waals surface area contributed by atoms with E-state index in [4.69, 9.17) is 19.2 Å². The number of fused-ring (bicyclic) bond motifs is 1. The third-order valence-corrected chi connectivity index (χ3v) is 6.28. The summed E-state index contributed by atoms with van der Waals surface area (Å²) in [4.78, 5) is 23.3. The highest BCUT2D eigenvalue weighted by atomic mass is 16.5. The van der Waals surface area contributed by atoms with Crippen LogP contribution in [0.4, 0.5) is 4.79 Å². The minimum Gasteiger partial charge on any atom is -0.453 e. The first-order chi connectivity index (χ1) is 13.3. The highest BCUT2D eigenvalue weighted by Gasteiger charge is 2.56. The topological polar surface area (TPSA) is 81.4 Å². The smallest absolute Gasteiger partial charge is 0.409 e. The van der Waals surface area contributed by atoms with E-state index >= 15 is 0 Å². The lowest BCUT2D eigenvalue weighted by molar-refractivity contribution is 0.126. The molecule has 7 heteroatoms. The van der Waals surface area contributed by atoms with Gasteiger partial charge in [-0.3, -0.25) is 0 Å². The summed E-state index contributed by atoms with van der Waals surface area (Å²) in [7, 11) is 1.44. The maximum Gasteiger partial charge on any atom is 0.409 e. The van der Waals surface area contributed by atoms with Gasteiger partial charge in [0.15, 0.2) is 0 Å². The van der Waals surface area contributed by atoms with Gasteiger partial charge in [0, 0.05) is 24.7 Å². The standard InChI is InChI=1S/C21H28N4O3/c1-10(2)20-22-17(7-14-15-8-25(9-16(14)15)21(26)27-6)11(3)19(23-20)18-12(4)24-28-13(18)5/h10,14-16H,7-9H2,1-6H3/t14?,15-,16+. The summed E-state index contributed by atoms with van der Waals surface area (Å²) < 4.78 is 10.2. The average Bonchev–Trinajstić information content (AvgIpc) is 2.97. The molecule has 2 aromatic heterocycles. The van der Waals surface area contributed by atoms with Crippen LogP contribution < -0.4 is 0 Å². The van der Waals surface area contributed by atoms with Gasteiger partial charge in [-0.05, 0) is 50.5 Å². The number of amides is 1. The van der Waals surface area contributed by atoms with E-state index in [-0.39, 0.29) is 12.0 Å². The second-order valence-corrected chi connectivity index (χ2v) is 8.43. The zero-order valence-corrected chi connectivity index (χ0v) is 17.4. The highest BCUT2D eigenvalue weighted by Crippen LogP contribution is 2.53. The molecule has 7 nitrogen and oxygen atoms in total. The molecule has 0 aromatic carbocycles. The van der Waals surface area contributed by atoms with Crippen LogP contribution in [0, 0.1) is 38.5 Å². The molecule has 2 fully saturated rings. The van der Waals surface area contributed by atoms with E-state index in [0.29, 0.717) is 17.8 Å². The molecule has 1 aliphatic heterocycles. The van der Waals surface area contributed by atoms with Crippen molar-refractivity contribution in [2.24, 2.45) is 17.8 Å². The summed E-state index contributed by atoms with van der Waals surface area (Å²) in [5, 5.41) is 4.11. The van der Waals surface area contributed by atoms with Crippen LogP contribution in [0.1, 0.15) is 48.3 Å². The monoisotopic (exact) mass is 384 g/mol. The van der Waals surface area contributed by atoms with Gasteiger partial charge in [-0.15, -0.1) is 0 Å². The normalized spacial score (nSPS) is 23.2. The number of hydrogen-bond acceptors (Lipinski definition) is 6. The van der Waals surface area contributed by atoms with Gasteiger partial charge in [0.05, 0.1) is 24.1 Å². The number of aryl methyl sites for hydroxylation is 2. The minimum atomic E-state index is -0.216. The predicted octanol–water partition coefficient (Wildman–Crippen LogP) is 3.67. The molecule has 0 N–H and O–H groups in total. The van der Waals surface area contributed by atoms with Gasteiger partial charge in [-0.1, -0.05) is 19.0 Å². The summed E-state index contributed by atoms with van der Waals surface area (Å²) in [5.74, 6) is 3.57. The molecule has 3 atom stereocenters. The zero-order valence-electron chi connectivity index (χ0n) is 17.4. The fraction of sp³-hybridized carbons (Fsp3) is 0.619. The van der Waals surface area contributed by atoms with Gasteiger partial charge in [0.1, 0.15) is 11.6 Å². The fourth-order valence-corrected chi connectivity index (χ4v) is 4.56. The van der Waals surface area contributed by atoms with E-state index in [1.807, 2.05) is 18.7 Å². The van der Waals surface area contributed by atoms with Gasteiger partial charge >= 0.3 is 6.09 Å². The molecule has 2 aliphatic rings. The lowest BCUT2D eigenvalue weighted by Crippen LogP contribution is -2.31. The first kappa shape index (κ1) is 18.9. The third-order valence-electron chi connectivity index (χ3n) is 6.28. The molecule has 0 spiro atoms. The largest absolute Gasteiger partial charge is 0.453 e. The number of nitrogens with zero attached hydrogens (tertiary/aromatic N) is 4. The van der Waals surface area contributed by atoms with Crippen LogP contribution in [-0.2, 0) is 11.2 Å². The van der Waals surface area contributed by atoms with Crippen molar-refractivity contribution in [2.45, 2.75) is 47.0 Å². The predicted molar refractivity (Wildman–Crippen MR) is 104 cm³/mol. The SMILES string of the molecule is COC(=O)N1C[C@@H]2C(Cc3nc(C(C)C)nc(-c4c(C)noc4C)c3C)[C@@H]2C1. The molecule has 0 radical (unpaired) electrons. The maximum absolute atomic E-state index is 11.7. The van der Waals surface area contributed by atoms with Crippen LogP contribution >= 0.6 is 0 Å². The number of aromatic nitrogens is 3. The Balaban J connectivity index is 1.61. The Bertz CT molecular complexity index is 889. The van der Waals surface area contributed by atoms with Crippen molar-refractivity contribution in [3.05, 3.63) is 28.5 Å². The van der Waals surface area contributed by atoms with Crippen molar-refractivity contribution < 1.29 is 14.1 Å². The second-order valence-electron chi connectivity index (χ2n) is 8.43. The molecule has 1 aliphatic carbocycles. The van der Waals surface area contributed by atoms with E-state index in [2.05, 4.69) is 25.9 Å². The number of piperidine rings is 1. The van der Waals surface area contributed by atoms with Gasteiger partial charge in [0.25, 0.3) is 0 Å². The Labute approximate surface area is 165 Å². The number of likely N-dealkylation sites (tertiary alicyclic amines) is 1. The molecule has 1 saturated heterocycles. The van der Waals surface area contributed by atoms with Crippen LogP contribution in [0.15, 0.2) is 4.52 Å². The fourth-order valence-electron chi connectivity index (χ4n) is 4.56. The molecule has 2 aromatic rings. The van der Waals surface area contributed by atoms with E-state index in [1.165, 1.54) is 7.11 Å². The zero-order chi connectivity index (χ0) is 20.2. The lowest BCUT2D eigenvalue weighted by Gasteiger charge is -2.19. The number of methoxy groups -OCH3 is 1. The van der Waals surface area contributed by atoms with Gasteiger partial charge in [-0.2, -0.15) is 0 Å². The second kappa shape index (κ2) is 6.87. The third kappa shape index (κ3) is 3.06. The summed E-state index contributed by atoms with van der Waals surface area (Å²) >= 11 is 0. The van der Waals surface area contributed by atoms with Crippen molar-refractivity contribution in [2.75, 3.05) is 20.2 Å². The number of carbonyl (C=O) groups is 1. The Morgan fingerprint density at radius 2 is 1.89 bits per heavy atom. The van der Waals surface area contributed by atoms with E-state index < -0.39 is 0 Å². The van der Waals surface area contributed by atoms with E-state index in [0.717, 1.165) is 59.3 Å². The molecule has 3 heterocycles. The van der Waals surface area contributed by atoms with Crippen LogP contribution in [0.3, 0.4) is 0 Å². The van der Waals surface area contributed by atoms with E-state index in [9.17, 15) is 4.79 Å². The van der Waals surface area contributed by atoms with Crippen LogP contribution in [-0.4, -0.2) is 46.3 Å². The van der Waals surface area contributed by atoms with Crippen LogP contribution in [0.5, 0.6) is 0 Å². The quantitative estimate of drug-likeness (QED) is 0.800. The molecule has 1 saturated carbocycles. The molecular formula is C21H28N4O3. The van der Waals surface area contributed by atoms with Crippen molar-refractivity contribution in [1.82, 2.24) is 20.0 Å². The number of rotatable bonds is 4. The van der Waals surface area contributed by atoms with Crippen molar-refractivity contribution in [3.8, 4) is 11.3 Å². The summed E-state index contributed by atoms with van der Waals surface area (Å²) in [5.41, 5.74) is 4.99. The molecule has 1 unspecified atom stereocenters. The first-order valence-electron chi connectivity index (χ1n) is 9.95. The molecule has 28 heavy (non-hydrogen) atoms.